The van der Waals surface area contributed by atoms with E-state index in [0.717, 1.165) is 20.9 Å². The topological polar surface area (TPSA) is 109 Å². The quantitative estimate of drug-likeness (QED) is 0.647. The lowest BCUT2D eigenvalue weighted by molar-refractivity contribution is -0.135. The van der Waals surface area contributed by atoms with Crippen LogP contribution in [0, 0.1) is 0 Å². The van der Waals surface area contributed by atoms with Gasteiger partial charge in [-0.05, 0) is 35.9 Å². The molecule has 0 aliphatic heterocycles. The summed E-state index contributed by atoms with van der Waals surface area (Å²) in [6, 6.07) is 9.24. The molecule has 3 N–H and O–H groups in total. The van der Waals surface area contributed by atoms with Crippen LogP contribution in [0.25, 0.3) is 20.5 Å². The minimum Gasteiger partial charge on any atom is -0.505 e. The summed E-state index contributed by atoms with van der Waals surface area (Å²) in [5.41, 5.74) is 0.742. The van der Waals surface area contributed by atoms with E-state index in [-0.39, 0.29) is 11.4 Å². The Kier molecular flexibility index (Phi) is 4.53. The summed E-state index contributed by atoms with van der Waals surface area (Å²) in [4.78, 5) is 27.3. The number of carbonyl (C=O) groups excluding carboxylic acids is 1. The highest BCUT2D eigenvalue weighted by molar-refractivity contribution is 7.22. The zero-order valence-corrected chi connectivity index (χ0v) is 14.0. The van der Waals surface area contributed by atoms with Crippen LogP contribution < -0.4 is 10.1 Å². The number of nitrogens with zero attached hydrogens (tertiary/aromatic N) is 1. The van der Waals surface area contributed by atoms with Gasteiger partial charge in [0.05, 0.1) is 11.8 Å². The molecule has 0 radical (unpaired) electrons. The molecule has 128 valence electrons. The van der Waals surface area contributed by atoms with E-state index in [2.05, 4.69) is 10.3 Å². The first kappa shape index (κ1) is 16.7. The van der Waals surface area contributed by atoms with Crippen LogP contribution in [-0.2, 0) is 4.79 Å². The molecule has 0 unspecified atom stereocenters. The van der Waals surface area contributed by atoms with Gasteiger partial charge in [-0.15, -0.1) is 11.3 Å². The highest BCUT2D eigenvalue weighted by Gasteiger charge is 2.18. The van der Waals surface area contributed by atoms with Crippen LogP contribution in [0.1, 0.15) is 10.5 Å². The molecule has 0 spiro atoms. The number of thiophene rings is 1. The number of amides is 1. The van der Waals surface area contributed by atoms with Crippen molar-refractivity contribution in [1.29, 1.82) is 0 Å². The van der Waals surface area contributed by atoms with Crippen molar-refractivity contribution in [2.24, 2.45) is 0 Å². The molecule has 7 nitrogen and oxygen atoms in total. The first-order chi connectivity index (χ1) is 12.0. The van der Waals surface area contributed by atoms with E-state index in [1.165, 1.54) is 17.5 Å². The normalized spacial score (nSPS) is 10.6. The summed E-state index contributed by atoms with van der Waals surface area (Å²) in [6.45, 7) is -0.543. The van der Waals surface area contributed by atoms with Gasteiger partial charge in [-0.2, -0.15) is 0 Å². The second-order valence-corrected chi connectivity index (χ2v) is 6.23. The van der Waals surface area contributed by atoms with E-state index >= 15 is 0 Å². The molecule has 0 fully saturated rings. The SMILES string of the molecule is COc1ccc(-c2cc3c(O)c(C(=O)NCC(=O)O)ncc3s2)cc1. The molecule has 0 saturated heterocycles. The van der Waals surface area contributed by atoms with Crippen LogP contribution in [0.4, 0.5) is 0 Å². The van der Waals surface area contributed by atoms with Crippen molar-refractivity contribution in [3.05, 3.63) is 42.2 Å². The van der Waals surface area contributed by atoms with Crippen molar-refractivity contribution in [3.8, 4) is 21.9 Å². The lowest BCUT2D eigenvalue weighted by Gasteiger charge is -2.04. The van der Waals surface area contributed by atoms with E-state index in [0.29, 0.717) is 5.39 Å². The Morgan fingerprint density at radius 3 is 2.64 bits per heavy atom. The van der Waals surface area contributed by atoms with Crippen molar-refractivity contribution in [2.75, 3.05) is 13.7 Å². The van der Waals surface area contributed by atoms with Gasteiger partial charge in [0.1, 0.15) is 12.3 Å². The van der Waals surface area contributed by atoms with Crippen LogP contribution >= 0.6 is 11.3 Å². The fourth-order valence-corrected chi connectivity index (χ4v) is 3.34. The number of methoxy groups -OCH3 is 1. The van der Waals surface area contributed by atoms with Crippen LogP contribution in [0.15, 0.2) is 36.5 Å². The third-order valence-corrected chi connectivity index (χ3v) is 4.66. The van der Waals surface area contributed by atoms with Gasteiger partial charge in [0.2, 0.25) is 0 Å². The first-order valence-corrected chi connectivity index (χ1v) is 8.07. The summed E-state index contributed by atoms with van der Waals surface area (Å²) < 4.78 is 5.85. The summed E-state index contributed by atoms with van der Waals surface area (Å²) >= 11 is 1.43. The van der Waals surface area contributed by atoms with Crippen molar-refractivity contribution < 1.29 is 24.5 Å². The largest absolute Gasteiger partial charge is 0.505 e. The number of hydrogen-bond donors (Lipinski definition) is 3. The highest BCUT2D eigenvalue weighted by atomic mass is 32.1. The highest BCUT2D eigenvalue weighted by Crippen LogP contribution is 2.38. The molecule has 0 saturated carbocycles. The average molecular weight is 358 g/mol. The van der Waals surface area contributed by atoms with Gasteiger partial charge in [0.15, 0.2) is 11.4 Å². The first-order valence-electron chi connectivity index (χ1n) is 7.25. The van der Waals surface area contributed by atoms with Gasteiger partial charge in [-0.3, -0.25) is 9.59 Å². The molecular weight excluding hydrogens is 344 g/mol. The van der Waals surface area contributed by atoms with Gasteiger partial charge in [-0.1, -0.05) is 0 Å². The number of aromatic hydroxyl groups is 1. The fraction of sp³-hybridized carbons (Fsp3) is 0.118. The minimum absolute atomic E-state index is 0.201. The van der Waals surface area contributed by atoms with Gasteiger partial charge in [0, 0.05) is 16.5 Å². The molecule has 0 aliphatic carbocycles. The molecule has 0 atom stereocenters. The number of nitrogens with one attached hydrogen (secondary N) is 1. The van der Waals surface area contributed by atoms with Crippen molar-refractivity contribution in [1.82, 2.24) is 10.3 Å². The number of fused-ring (bicyclic) bond motifs is 1. The maximum absolute atomic E-state index is 12.0. The molecule has 0 bridgehead atoms. The Bertz CT molecular complexity index is 950. The monoisotopic (exact) mass is 358 g/mol. The van der Waals surface area contributed by atoms with E-state index in [4.69, 9.17) is 9.84 Å². The lowest BCUT2D eigenvalue weighted by Crippen LogP contribution is -2.29. The van der Waals surface area contributed by atoms with Crippen molar-refractivity contribution in [2.45, 2.75) is 0 Å². The molecule has 1 amide bonds. The molecule has 3 aromatic rings. The number of hydrogen-bond acceptors (Lipinski definition) is 6. The van der Waals surface area contributed by atoms with Gasteiger partial charge < -0.3 is 20.3 Å². The van der Waals surface area contributed by atoms with Crippen LogP contribution in [0.2, 0.25) is 0 Å². The molecule has 0 aliphatic rings. The fourth-order valence-electron chi connectivity index (χ4n) is 2.30. The second kappa shape index (κ2) is 6.78. The van der Waals surface area contributed by atoms with Gasteiger partial charge in [0.25, 0.3) is 5.91 Å². The van der Waals surface area contributed by atoms with Crippen molar-refractivity contribution in [3.63, 3.8) is 0 Å². The maximum atomic E-state index is 12.0. The van der Waals surface area contributed by atoms with Crippen LogP contribution in [0.5, 0.6) is 11.5 Å². The number of carbonyl (C=O) groups is 2. The lowest BCUT2D eigenvalue weighted by atomic mass is 10.1. The number of aromatic nitrogens is 1. The molecule has 2 heterocycles. The Balaban J connectivity index is 1.96. The standard InChI is InChI=1S/C17H14N2O5S/c1-24-10-4-2-9(3-5-10)12-6-11-13(25-12)7-18-15(16(11)22)17(23)19-8-14(20)21/h2-7,22H,8H2,1H3,(H,19,23)(H,20,21). The molecular formula is C17H14N2O5S. The summed E-state index contributed by atoms with van der Waals surface area (Å²) in [5.74, 6) is -1.44. The zero-order chi connectivity index (χ0) is 18.0. The van der Waals surface area contributed by atoms with E-state index in [1.807, 2.05) is 24.3 Å². The molecule has 8 heteroatoms. The predicted octanol–water partition coefficient (Wildman–Crippen LogP) is 2.49. The molecule has 1 aromatic carbocycles. The Hall–Kier alpha value is -3.13. The summed E-state index contributed by atoms with van der Waals surface area (Å²) in [6.07, 6.45) is 1.49. The van der Waals surface area contributed by atoms with Crippen LogP contribution in [-0.4, -0.2) is 40.7 Å². The predicted molar refractivity (Wildman–Crippen MR) is 93.2 cm³/mol. The van der Waals surface area contributed by atoms with E-state index in [1.54, 1.807) is 13.2 Å². The van der Waals surface area contributed by atoms with Crippen LogP contribution in [0.3, 0.4) is 0 Å². The Labute approximate surface area is 146 Å². The summed E-state index contributed by atoms with van der Waals surface area (Å²) in [7, 11) is 1.59. The number of carboxylic acid groups (broad SMARTS) is 1. The average Bonchev–Trinajstić information content (AvgIpc) is 3.05. The smallest absolute Gasteiger partial charge is 0.322 e. The zero-order valence-electron chi connectivity index (χ0n) is 13.1. The molecule has 2 aromatic heterocycles. The third-order valence-electron chi connectivity index (χ3n) is 3.54. The third kappa shape index (κ3) is 3.38. The van der Waals surface area contributed by atoms with Gasteiger partial charge in [-0.25, -0.2) is 4.98 Å². The number of benzene rings is 1. The maximum Gasteiger partial charge on any atom is 0.322 e. The molecule has 3 rings (SSSR count). The molecule has 25 heavy (non-hydrogen) atoms. The second-order valence-electron chi connectivity index (χ2n) is 5.15. The number of pyridine rings is 1. The Morgan fingerprint density at radius 2 is 2.00 bits per heavy atom. The number of rotatable bonds is 5. The van der Waals surface area contributed by atoms with Crippen molar-refractivity contribution >= 4 is 33.3 Å². The number of aliphatic carboxylic acids is 1. The Morgan fingerprint density at radius 1 is 1.28 bits per heavy atom. The van der Waals surface area contributed by atoms with E-state index < -0.39 is 18.4 Å². The summed E-state index contributed by atoms with van der Waals surface area (Å²) in [5, 5.41) is 21.6. The number of carboxylic acids is 1. The van der Waals surface area contributed by atoms with Gasteiger partial charge >= 0.3 is 5.97 Å². The van der Waals surface area contributed by atoms with E-state index in [9.17, 15) is 14.7 Å². The minimum atomic E-state index is -1.17. The number of ether oxygens (including phenoxy) is 1.